The largest absolute Gasteiger partial charge is 0.497 e. The zero-order chi connectivity index (χ0) is 24.7. The number of ether oxygens (including phenoxy) is 2. The Morgan fingerprint density at radius 1 is 1.00 bits per heavy atom. The first-order chi connectivity index (χ1) is 16.9. The Balaban J connectivity index is 1.60. The molecule has 0 radical (unpaired) electrons. The van der Waals surface area contributed by atoms with Gasteiger partial charge < -0.3 is 19.3 Å². The molecule has 2 heterocycles. The highest BCUT2D eigenvalue weighted by molar-refractivity contribution is 8.01. The van der Waals surface area contributed by atoms with Gasteiger partial charge >= 0.3 is 0 Å². The number of carbonyl (C=O) groups is 2. The maximum absolute atomic E-state index is 14.1. The third-order valence-electron chi connectivity index (χ3n) is 6.29. The summed E-state index contributed by atoms with van der Waals surface area (Å²) < 4.78 is 38.1. The summed E-state index contributed by atoms with van der Waals surface area (Å²) >= 11 is 1.38. The molecule has 1 fully saturated rings. The topological polar surface area (TPSA) is 59.1 Å². The first-order valence-electron chi connectivity index (χ1n) is 10.9. The molecule has 2 aliphatic heterocycles. The lowest BCUT2D eigenvalue weighted by molar-refractivity contribution is -0.123. The number of thioether (sulfide) groups is 1. The van der Waals surface area contributed by atoms with Crippen molar-refractivity contribution >= 4 is 29.3 Å². The van der Waals surface area contributed by atoms with Gasteiger partial charge in [-0.15, -0.1) is 11.8 Å². The molecule has 1 saturated heterocycles. The molecule has 3 aromatic rings. The molecule has 0 N–H and O–H groups in total. The zero-order valence-corrected chi connectivity index (χ0v) is 19.9. The maximum Gasteiger partial charge on any atom is 0.268 e. The summed E-state index contributed by atoms with van der Waals surface area (Å²) in [5, 5.41) is 0. The third-order valence-corrected chi connectivity index (χ3v) is 7.71. The number of carbonyl (C=O) groups excluding carboxylic acids is 2. The van der Waals surface area contributed by atoms with Crippen molar-refractivity contribution in [3.05, 3.63) is 89.0 Å². The lowest BCUT2D eigenvalue weighted by atomic mass is 10.0. The van der Waals surface area contributed by atoms with Crippen LogP contribution in [0.4, 0.5) is 14.5 Å². The molecule has 1 unspecified atom stereocenters. The predicted molar refractivity (Wildman–Crippen MR) is 129 cm³/mol. The lowest BCUT2D eigenvalue weighted by Crippen LogP contribution is -2.50. The van der Waals surface area contributed by atoms with Crippen LogP contribution in [0.2, 0.25) is 0 Å². The van der Waals surface area contributed by atoms with Crippen LogP contribution in [-0.4, -0.2) is 43.2 Å². The van der Waals surface area contributed by atoms with Crippen molar-refractivity contribution < 1.29 is 27.8 Å². The molecule has 0 bridgehead atoms. The molecular formula is C26H22F2N2O4S. The van der Waals surface area contributed by atoms with Crippen LogP contribution in [-0.2, 0) is 16.2 Å². The number of hydrogen-bond acceptors (Lipinski definition) is 5. The predicted octanol–water partition coefficient (Wildman–Crippen LogP) is 4.57. The van der Waals surface area contributed by atoms with E-state index in [9.17, 15) is 18.4 Å². The van der Waals surface area contributed by atoms with Gasteiger partial charge in [-0.3, -0.25) is 9.59 Å². The first-order valence-corrected chi connectivity index (χ1v) is 11.9. The van der Waals surface area contributed by atoms with Gasteiger partial charge in [-0.25, -0.2) is 8.78 Å². The smallest absolute Gasteiger partial charge is 0.268 e. The van der Waals surface area contributed by atoms with Crippen molar-refractivity contribution in [2.75, 3.05) is 31.4 Å². The Morgan fingerprint density at radius 3 is 2.51 bits per heavy atom. The van der Waals surface area contributed by atoms with Crippen molar-refractivity contribution in [3.63, 3.8) is 0 Å². The average molecular weight is 497 g/mol. The van der Waals surface area contributed by atoms with Crippen LogP contribution in [0.1, 0.15) is 21.5 Å². The molecule has 0 aliphatic carbocycles. The van der Waals surface area contributed by atoms with Gasteiger partial charge in [-0.1, -0.05) is 12.1 Å². The summed E-state index contributed by atoms with van der Waals surface area (Å²) in [6, 6.07) is 15.6. The monoisotopic (exact) mass is 496 g/mol. The van der Waals surface area contributed by atoms with E-state index in [4.69, 9.17) is 9.47 Å². The highest BCUT2D eigenvalue weighted by Gasteiger charge is 2.59. The summed E-state index contributed by atoms with van der Waals surface area (Å²) in [6.07, 6.45) is 0. The Kier molecular flexibility index (Phi) is 5.88. The molecule has 3 aromatic carbocycles. The summed E-state index contributed by atoms with van der Waals surface area (Å²) in [5.41, 5.74) is 2.06. The standard InChI is InChI=1S/C26H22F2N2O4S/c1-33-18-5-3-4-17(13-18)24(31)30-10-11-35-26(30)20-14-19(34-2)7-9-23(20)29(25(26)32)15-16-6-8-21(27)22(28)12-16/h3-9,12-14H,10-11,15H2,1-2H3. The van der Waals surface area contributed by atoms with Gasteiger partial charge in [0.1, 0.15) is 11.5 Å². The third kappa shape index (κ3) is 3.70. The normalized spacial score (nSPS) is 18.8. The van der Waals surface area contributed by atoms with Crippen LogP contribution in [0.5, 0.6) is 11.5 Å². The van der Waals surface area contributed by atoms with E-state index in [1.54, 1.807) is 47.4 Å². The number of amides is 2. The minimum absolute atomic E-state index is 0.0266. The van der Waals surface area contributed by atoms with E-state index in [1.165, 1.54) is 36.9 Å². The van der Waals surface area contributed by atoms with Crippen LogP contribution in [0.3, 0.4) is 0 Å². The molecule has 9 heteroatoms. The van der Waals surface area contributed by atoms with Gasteiger partial charge in [-0.05, 0) is 54.1 Å². The summed E-state index contributed by atoms with van der Waals surface area (Å²) in [4.78, 5) is 29.6. The van der Waals surface area contributed by atoms with Crippen molar-refractivity contribution in [2.24, 2.45) is 0 Å². The fourth-order valence-electron chi connectivity index (χ4n) is 4.61. The lowest BCUT2D eigenvalue weighted by Gasteiger charge is -2.33. The van der Waals surface area contributed by atoms with Crippen molar-refractivity contribution in [1.82, 2.24) is 4.90 Å². The molecule has 2 amide bonds. The molecule has 1 spiro atoms. The van der Waals surface area contributed by atoms with E-state index in [-0.39, 0.29) is 18.4 Å². The van der Waals surface area contributed by atoms with Gasteiger partial charge in [0.05, 0.1) is 26.5 Å². The number of hydrogen-bond donors (Lipinski definition) is 0. The SMILES string of the molecule is COc1cccc(C(=O)N2CCSC23C(=O)N(Cc2ccc(F)c(F)c2)c2ccc(OC)cc23)c1. The van der Waals surface area contributed by atoms with Gasteiger partial charge in [-0.2, -0.15) is 0 Å². The molecule has 0 saturated carbocycles. The van der Waals surface area contributed by atoms with E-state index in [0.29, 0.717) is 46.2 Å². The van der Waals surface area contributed by atoms with Crippen LogP contribution < -0.4 is 14.4 Å². The number of benzene rings is 3. The van der Waals surface area contributed by atoms with Gasteiger partial charge in [0.25, 0.3) is 11.8 Å². The zero-order valence-electron chi connectivity index (χ0n) is 19.1. The second-order valence-corrected chi connectivity index (χ2v) is 9.49. The Labute approximate surface area is 205 Å². The minimum Gasteiger partial charge on any atom is -0.497 e. The van der Waals surface area contributed by atoms with Crippen LogP contribution >= 0.6 is 11.8 Å². The van der Waals surface area contributed by atoms with Crippen molar-refractivity contribution in [1.29, 1.82) is 0 Å². The van der Waals surface area contributed by atoms with E-state index < -0.39 is 16.5 Å². The highest BCUT2D eigenvalue weighted by atomic mass is 32.2. The Morgan fingerprint density at radius 2 is 1.77 bits per heavy atom. The van der Waals surface area contributed by atoms with Crippen molar-refractivity contribution in [2.45, 2.75) is 11.4 Å². The summed E-state index contributed by atoms with van der Waals surface area (Å²) in [7, 11) is 3.06. The highest BCUT2D eigenvalue weighted by Crippen LogP contribution is 2.55. The summed E-state index contributed by atoms with van der Waals surface area (Å²) in [6.45, 7) is 0.390. The van der Waals surface area contributed by atoms with Gasteiger partial charge in [0.2, 0.25) is 0 Å². The molecule has 5 rings (SSSR count). The van der Waals surface area contributed by atoms with Crippen LogP contribution in [0, 0.1) is 11.6 Å². The van der Waals surface area contributed by atoms with E-state index >= 15 is 0 Å². The van der Waals surface area contributed by atoms with Crippen LogP contribution in [0.15, 0.2) is 60.7 Å². The van der Waals surface area contributed by atoms with Gasteiger partial charge in [0.15, 0.2) is 16.5 Å². The van der Waals surface area contributed by atoms with E-state index in [2.05, 4.69) is 0 Å². The molecule has 6 nitrogen and oxygen atoms in total. The Bertz CT molecular complexity index is 1330. The molecule has 0 aromatic heterocycles. The number of nitrogens with zero attached hydrogens (tertiary/aromatic N) is 2. The number of methoxy groups -OCH3 is 2. The first kappa shape index (κ1) is 23.2. The second-order valence-electron chi connectivity index (χ2n) is 8.20. The van der Waals surface area contributed by atoms with Crippen molar-refractivity contribution in [3.8, 4) is 11.5 Å². The molecule has 2 aliphatic rings. The fourth-order valence-corrected chi connectivity index (χ4v) is 6.06. The number of fused-ring (bicyclic) bond motifs is 2. The molecular weight excluding hydrogens is 474 g/mol. The van der Waals surface area contributed by atoms with Crippen LogP contribution in [0.25, 0.3) is 0 Å². The van der Waals surface area contributed by atoms with E-state index in [0.717, 1.165) is 12.1 Å². The quantitative estimate of drug-likeness (QED) is 0.518. The number of rotatable bonds is 5. The second kappa shape index (κ2) is 8.88. The average Bonchev–Trinajstić information content (AvgIpc) is 3.42. The molecule has 35 heavy (non-hydrogen) atoms. The minimum atomic E-state index is -1.30. The molecule has 1 atom stereocenters. The molecule has 180 valence electrons. The number of halogens is 2. The van der Waals surface area contributed by atoms with Gasteiger partial charge in [0, 0.05) is 23.4 Å². The number of anilines is 1. The van der Waals surface area contributed by atoms with E-state index in [1.807, 2.05) is 0 Å². The summed E-state index contributed by atoms with van der Waals surface area (Å²) in [5.74, 6) is -0.913. The maximum atomic E-state index is 14.1. The Hall–Kier alpha value is -3.59. The fraction of sp³-hybridized carbons (Fsp3) is 0.231.